The van der Waals surface area contributed by atoms with E-state index in [0.29, 0.717) is 0 Å². The molecule has 2 rings (SSSR count). The summed E-state index contributed by atoms with van der Waals surface area (Å²) in [5.74, 6) is 0.987. The van der Waals surface area contributed by atoms with Crippen LogP contribution in [0.15, 0.2) is 0 Å². The zero-order chi connectivity index (χ0) is 11.8. The molecule has 0 aliphatic heterocycles. The molecule has 1 aliphatic carbocycles. The number of nitrogens with zero attached hydrogens (tertiary/aromatic N) is 2. The molecule has 1 heterocycles. The monoisotopic (exact) mass is 222 g/mol. The molecule has 0 unspecified atom stereocenters. The number of nitrogen functional groups attached to an aromatic ring is 1. The fraction of sp³-hybridized carbons (Fsp3) is 0.750. The van der Waals surface area contributed by atoms with Crippen molar-refractivity contribution in [3.8, 4) is 0 Å². The van der Waals surface area contributed by atoms with Crippen molar-refractivity contribution in [1.82, 2.24) is 9.78 Å². The van der Waals surface area contributed by atoms with E-state index in [9.17, 15) is 0 Å². The van der Waals surface area contributed by atoms with Crippen molar-refractivity contribution < 1.29 is 0 Å². The van der Waals surface area contributed by atoms with E-state index in [4.69, 9.17) is 5.73 Å². The average Bonchev–Trinajstić information content (AvgIpc) is 2.78. The van der Waals surface area contributed by atoms with Crippen molar-refractivity contribution in [2.45, 2.75) is 51.5 Å². The molecule has 4 heteroatoms. The summed E-state index contributed by atoms with van der Waals surface area (Å²) in [5, 5.41) is 8.01. The van der Waals surface area contributed by atoms with Crippen LogP contribution in [0, 0.1) is 0 Å². The zero-order valence-corrected chi connectivity index (χ0v) is 10.5. The van der Waals surface area contributed by atoms with Crippen molar-refractivity contribution in [2.75, 3.05) is 11.1 Å². The minimum atomic E-state index is 0.201. The van der Waals surface area contributed by atoms with Crippen LogP contribution in [0.3, 0.4) is 0 Å². The lowest BCUT2D eigenvalue weighted by molar-refractivity contribution is 0.525. The molecule has 90 valence electrons. The van der Waals surface area contributed by atoms with E-state index in [-0.39, 0.29) is 5.54 Å². The van der Waals surface area contributed by atoms with Gasteiger partial charge in [-0.3, -0.25) is 4.68 Å². The molecule has 0 spiro atoms. The Hall–Kier alpha value is -1.19. The summed E-state index contributed by atoms with van der Waals surface area (Å²) >= 11 is 0. The SMILES string of the molecule is CCc1nn(C)c(NC2(C)CCCC2)c1N. The highest BCUT2D eigenvalue weighted by Gasteiger charge is 2.30. The van der Waals surface area contributed by atoms with Crippen LogP contribution in [0.25, 0.3) is 0 Å². The van der Waals surface area contributed by atoms with Crippen LogP contribution in [-0.4, -0.2) is 15.3 Å². The van der Waals surface area contributed by atoms with Crippen LogP contribution < -0.4 is 11.1 Å². The summed E-state index contributed by atoms with van der Waals surface area (Å²) in [6, 6.07) is 0. The van der Waals surface area contributed by atoms with Gasteiger partial charge in [-0.05, 0) is 26.2 Å². The number of aryl methyl sites for hydroxylation is 2. The third-order valence-electron chi connectivity index (χ3n) is 3.62. The fourth-order valence-corrected chi connectivity index (χ4v) is 2.57. The second-order valence-electron chi connectivity index (χ2n) is 5.08. The summed E-state index contributed by atoms with van der Waals surface area (Å²) in [7, 11) is 1.95. The van der Waals surface area contributed by atoms with Crippen molar-refractivity contribution in [3.63, 3.8) is 0 Å². The molecule has 1 fully saturated rings. The lowest BCUT2D eigenvalue weighted by Gasteiger charge is -2.26. The molecular formula is C12H22N4. The van der Waals surface area contributed by atoms with E-state index in [2.05, 4.69) is 24.3 Å². The van der Waals surface area contributed by atoms with Gasteiger partial charge in [-0.25, -0.2) is 0 Å². The van der Waals surface area contributed by atoms with E-state index in [1.807, 2.05) is 11.7 Å². The van der Waals surface area contributed by atoms with Crippen LogP contribution in [-0.2, 0) is 13.5 Å². The first-order valence-electron chi connectivity index (χ1n) is 6.15. The first-order chi connectivity index (χ1) is 7.56. The molecule has 0 saturated heterocycles. The number of nitrogens with one attached hydrogen (secondary N) is 1. The molecule has 16 heavy (non-hydrogen) atoms. The molecule has 0 bridgehead atoms. The highest BCUT2D eigenvalue weighted by atomic mass is 15.3. The van der Waals surface area contributed by atoms with Gasteiger partial charge in [0.2, 0.25) is 0 Å². The molecule has 3 N–H and O–H groups in total. The number of hydrogen-bond donors (Lipinski definition) is 2. The average molecular weight is 222 g/mol. The lowest BCUT2D eigenvalue weighted by Crippen LogP contribution is -2.32. The van der Waals surface area contributed by atoms with Crippen LogP contribution >= 0.6 is 0 Å². The molecule has 1 aromatic heterocycles. The molecule has 4 nitrogen and oxygen atoms in total. The topological polar surface area (TPSA) is 55.9 Å². The molecule has 1 aromatic rings. The summed E-state index contributed by atoms with van der Waals surface area (Å²) in [6.07, 6.45) is 5.94. The van der Waals surface area contributed by atoms with Crippen LogP contribution in [0.5, 0.6) is 0 Å². The summed E-state index contributed by atoms with van der Waals surface area (Å²) in [4.78, 5) is 0. The smallest absolute Gasteiger partial charge is 0.148 e. The zero-order valence-electron chi connectivity index (χ0n) is 10.5. The maximum absolute atomic E-state index is 6.11. The number of hydrogen-bond acceptors (Lipinski definition) is 3. The standard InChI is InChI=1S/C12H22N4/c1-4-9-10(13)11(16(3)15-9)14-12(2)7-5-6-8-12/h14H,4-8,13H2,1-3H3. The summed E-state index contributed by atoms with van der Waals surface area (Å²) in [5.41, 5.74) is 8.12. The number of anilines is 2. The Morgan fingerprint density at radius 1 is 1.44 bits per heavy atom. The third kappa shape index (κ3) is 1.88. The van der Waals surface area contributed by atoms with Gasteiger partial charge in [0.15, 0.2) is 0 Å². The van der Waals surface area contributed by atoms with E-state index in [1.54, 1.807) is 0 Å². The van der Waals surface area contributed by atoms with E-state index in [0.717, 1.165) is 23.6 Å². The Morgan fingerprint density at radius 2 is 2.06 bits per heavy atom. The van der Waals surface area contributed by atoms with Crippen LogP contribution in [0.4, 0.5) is 11.5 Å². The van der Waals surface area contributed by atoms with Gasteiger partial charge >= 0.3 is 0 Å². The van der Waals surface area contributed by atoms with Gasteiger partial charge in [0.05, 0.1) is 11.4 Å². The maximum Gasteiger partial charge on any atom is 0.148 e. The van der Waals surface area contributed by atoms with E-state index in [1.165, 1.54) is 25.7 Å². The van der Waals surface area contributed by atoms with Gasteiger partial charge in [-0.15, -0.1) is 0 Å². The van der Waals surface area contributed by atoms with Gasteiger partial charge in [-0.2, -0.15) is 5.10 Å². The molecule has 0 aromatic carbocycles. The second-order valence-corrected chi connectivity index (χ2v) is 5.08. The first-order valence-corrected chi connectivity index (χ1v) is 6.15. The number of rotatable bonds is 3. The predicted molar refractivity (Wildman–Crippen MR) is 67.5 cm³/mol. The maximum atomic E-state index is 6.11. The fourth-order valence-electron chi connectivity index (χ4n) is 2.57. The minimum absolute atomic E-state index is 0.201. The molecule has 1 saturated carbocycles. The Bertz CT molecular complexity index is 375. The quantitative estimate of drug-likeness (QED) is 0.825. The largest absolute Gasteiger partial charge is 0.394 e. The van der Waals surface area contributed by atoms with Gasteiger partial charge in [0.1, 0.15) is 5.82 Å². The number of aromatic nitrogens is 2. The first kappa shape index (κ1) is 11.3. The second kappa shape index (κ2) is 4.00. The molecule has 1 aliphatic rings. The highest BCUT2D eigenvalue weighted by Crippen LogP contribution is 2.34. The van der Waals surface area contributed by atoms with Crippen LogP contribution in [0.1, 0.15) is 45.2 Å². The normalized spacial score (nSPS) is 18.9. The molecule has 0 atom stereocenters. The lowest BCUT2D eigenvalue weighted by atomic mass is 10.0. The van der Waals surface area contributed by atoms with E-state index >= 15 is 0 Å². The van der Waals surface area contributed by atoms with Gasteiger partial charge < -0.3 is 11.1 Å². The Labute approximate surface area is 97.2 Å². The summed E-state index contributed by atoms with van der Waals surface area (Å²) < 4.78 is 1.87. The highest BCUT2D eigenvalue weighted by molar-refractivity contribution is 5.66. The van der Waals surface area contributed by atoms with Crippen molar-refractivity contribution in [3.05, 3.63) is 5.69 Å². The Morgan fingerprint density at radius 3 is 2.56 bits per heavy atom. The van der Waals surface area contributed by atoms with Gasteiger partial charge in [-0.1, -0.05) is 19.8 Å². The number of nitrogens with two attached hydrogens (primary N) is 1. The summed E-state index contributed by atoms with van der Waals surface area (Å²) in [6.45, 7) is 4.36. The predicted octanol–water partition coefficient (Wildman–Crippen LogP) is 2.31. The van der Waals surface area contributed by atoms with E-state index < -0.39 is 0 Å². The molecular weight excluding hydrogens is 200 g/mol. The molecule has 0 amide bonds. The van der Waals surface area contributed by atoms with Gasteiger partial charge in [0, 0.05) is 12.6 Å². The Kier molecular flexibility index (Phi) is 2.82. The van der Waals surface area contributed by atoms with Crippen molar-refractivity contribution >= 4 is 11.5 Å². The molecule has 0 radical (unpaired) electrons. The Balaban J connectivity index is 2.23. The van der Waals surface area contributed by atoms with Crippen molar-refractivity contribution in [1.29, 1.82) is 0 Å². The van der Waals surface area contributed by atoms with Gasteiger partial charge in [0.25, 0.3) is 0 Å². The van der Waals surface area contributed by atoms with Crippen molar-refractivity contribution in [2.24, 2.45) is 7.05 Å². The minimum Gasteiger partial charge on any atom is -0.394 e. The third-order valence-corrected chi connectivity index (χ3v) is 3.62. The van der Waals surface area contributed by atoms with Crippen LogP contribution in [0.2, 0.25) is 0 Å².